The zero-order chi connectivity index (χ0) is 22.2. The van der Waals surface area contributed by atoms with E-state index in [1.807, 2.05) is 37.3 Å². The zero-order valence-corrected chi connectivity index (χ0v) is 17.4. The number of benzene rings is 3. The molecule has 0 aliphatic heterocycles. The molecule has 3 rings (SSSR count). The van der Waals surface area contributed by atoms with Crippen molar-refractivity contribution in [2.45, 2.75) is 26.5 Å². The molecule has 0 saturated carbocycles. The molecule has 3 aromatic rings. The minimum atomic E-state index is -0.795. The Hall–Kier alpha value is -4.11. The van der Waals surface area contributed by atoms with Crippen LogP contribution in [0.25, 0.3) is 0 Å². The van der Waals surface area contributed by atoms with E-state index in [-0.39, 0.29) is 11.8 Å². The first-order valence-corrected chi connectivity index (χ1v) is 9.86. The summed E-state index contributed by atoms with van der Waals surface area (Å²) in [6, 6.07) is 23.3. The van der Waals surface area contributed by atoms with Crippen molar-refractivity contribution >= 4 is 17.5 Å². The molecular formula is C25H23N3O3. The number of amides is 2. The highest BCUT2D eigenvalue weighted by molar-refractivity contribution is 6.04. The van der Waals surface area contributed by atoms with Crippen LogP contribution in [0.3, 0.4) is 0 Å². The first-order valence-electron chi connectivity index (χ1n) is 9.86. The summed E-state index contributed by atoms with van der Waals surface area (Å²) in [4.78, 5) is 25.3. The normalized spacial score (nSPS) is 11.1. The number of hydrogen-bond donors (Lipinski definition) is 2. The lowest BCUT2D eigenvalue weighted by Gasteiger charge is -2.16. The quantitative estimate of drug-likeness (QED) is 0.607. The lowest BCUT2D eigenvalue weighted by atomic mass is 10.1. The third-order valence-corrected chi connectivity index (χ3v) is 4.67. The van der Waals surface area contributed by atoms with Crippen LogP contribution in [-0.4, -0.2) is 17.9 Å². The number of rotatable bonds is 7. The Morgan fingerprint density at radius 2 is 1.68 bits per heavy atom. The van der Waals surface area contributed by atoms with Crippen LogP contribution in [0.4, 0.5) is 5.69 Å². The van der Waals surface area contributed by atoms with Gasteiger partial charge in [-0.1, -0.05) is 42.0 Å². The number of carbonyl (C=O) groups is 2. The SMILES string of the molecule is Cc1ccc(CNC(=O)c2ccccc2NC(=O)C(C)Oc2ccc(C#N)cc2)cc1. The second-order valence-corrected chi connectivity index (χ2v) is 7.10. The molecule has 0 aliphatic rings. The van der Waals surface area contributed by atoms with Crippen molar-refractivity contribution < 1.29 is 14.3 Å². The molecule has 0 bridgehead atoms. The minimum absolute atomic E-state index is 0.280. The van der Waals surface area contributed by atoms with Crippen molar-refractivity contribution in [3.05, 3.63) is 95.1 Å². The molecule has 2 N–H and O–H groups in total. The molecule has 0 aromatic heterocycles. The maximum atomic E-state index is 12.7. The zero-order valence-electron chi connectivity index (χ0n) is 17.4. The van der Waals surface area contributed by atoms with Gasteiger partial charge in [-0.2, -0.15) is 5.26 Å². The molecule has 156 valence electrons. The summed E-state index contributed by atoms with van der Waals surface area (Å²) in [5.41, 5.74) is 3.43. The summed E-state index contributed by atoms with van der Waals surface area (Å²) in [5, 5.41) is 14.5. The first-order chi connectivity index (χ1) is 15.0. The number of ether oxygens (including phenoxy) is 1. The summed E-state index contributed by atoms with van der Waals surface area (Å²) in [6.07, 6.45) is -0.795. The van der Waals surface area contributed by atoms with Gasteiger partial charge in [-0.3, -0.25) is 9.59 Å². The van der Waals surface area contributed by atoms with Crippen LogP contribution in [0, 0.1) is 18.3 Å². The fraction of sp³-hybridized carbons (Fsp3) is 0.160. The number of hydrogen-bond acceptors (Lipinski definition) is 4. The first kappa shape index (κ1) is 21.6. The number of para-hydroxylation sites is 1. The maximum Gasteiger partial charge on any atom is 0.265 e. The molecule has 0 spiro atoms. The molecule has 31 heavy (non-hydrogen) atoms. The van der Waals surface area contributed by atoms with Gasteiger partial charge < -0.3 is 15.4 Å². The topological polar surface area (TPSA) is 91.2 Å². The van der Waals surface area contributed by atoms with Gasteiger partial charge in [0.05, 0.1) is 22.9 Å². The molecule has 1 atom stereocenters. The Labute approximate surface area is 181 Å². The summed E-state index contributed by atoms with van der Waals surface area (Å²) >= 11 is 0. The molecule has 3 aromatic carbocycles. The Morgan fingerprint density at radius 1 is 1.00 bits per heavy atom. The van der Waals surface area contributed by atoms with Crippen molar-refractivity contribution in [1.29, 1.82) is 5.26 Å². The van der Waals surface area contributed by atoms with Crippen LogP contribution in [0.2, 0.25) is 0 Å². The molecule has 6 nitrogen and oxygen atoms in total. The van der Waals surface area contributed by atoms with Crippen molar-refractivity contribution in [2.24, 2.45) is 0 Å². The molecular weight excluding hydrogens is 390 g/mol. The number of anilines is 1. The van der Waals surface area contributed by atoms with Gasteiger partial charge in [0.15, 0.2) is 6.10 Å². The summed E-state index contributed by atoms with van der Waals surface area (Å²) in [6.45, 7) is 4.01. The number of nitrogens with zero attached hydrogens (tertiary/aromatic N) is 1. The molecule has 0 aliphatic carbocycles. The van der Waals surface area contributed by atoms with Gasteiger partial charge in [-0.05, 0) is 55.8 Å². The Morgan fingerprint density at radius 3 is 2.35 bits per heavy atom. The van der Waals surface area contributed by atoms with Crippen LogP contribution in [0.1, 0.15) is 34.0 Å². The lowest BCUT2D eigenvalue weighted by molar-refractivity contribution is -0.122. The highest BCUT2D eigenvalue weighted by Crippen LogP contribution is 2.18. The van der Waals surface area contributed by atoms with Gasteiger partial charge in [0.1, 0.15) is 5.75 Å². The molecule has 2 amide bonds. The van der Waals surface area contributed by atoms with Crippen LogP contribution in [-0.2, 0) is 11.3 Å². The predicted molar refractivity (Wildman–Crippen MR) is 119 cm³/mol. The molecule has 0 saturated heterocycles. The average molecular weight is 413 g/mol. The standard InChI is InChI=1S/C25H23N3O3/c1-17-7-9-20(10-8-17)16-27-25(30)22-5-3-4-6-23(22)28-24(29)18(2)31-21-13-11-19(15-26)12-14-21/h3-14,18H,16H2,1-2H3,(H,27,30)(H,28,29). The van der Waals surface area contributed by atoms with Crippen molar-refractivity contribution in [2.75, 3.05) is 5.32 Å². The predicted octanol–water partition coefficient (Wildman–Crippen LogP) is 4.20. The van der Waals surface area contributed by atoms with Crippen LogP contribution in [0.15, 0.2) is 72.8 Å². The monoisotopic (exact) mass is 413 g/mol. The largest absolute Gasteiger partial charge is 0.481 e. The van der Waals surface area contributed by atoms with Gasteiger partial charge in [0.25, 0.3) is 11.8 Å². The second-order valence-electron chi connectivity index (χ2n) is 7.10. The maximum absolute atomic E-state index is 12.7. The van der Waals surface area contributed by atoms with Crippen LogP contribution < -0.4 is 15.4 Å². The summed E-state index contributed by atoms with van der Waals surface area (Å²) in [5.74, 6) is -0.189. The van der Waals surface area contributed by atoms with Crippen molar-refractivity contribution in [3.8, 4) is 11.8 Å². The van der Waals surface area contributed by atoms with Crippen molar-refractivity contribution in [3.63, 3.8) is 0 Å². The molecule has 0 fully saturated rings. The van der Waals surface area contributed by atoms with Gasteiger partial charge in [-0.15, -0.1) is 0 Å². The lowest BCUT2D eigenvalue weighted by Crippen LogP contribution is -2.31. The number of nitrogens with one attached hydrogen (secondary N) is 2. The minimum Gasteiger partial charge on any atom is -0.481 e. The smallest absolute Gasteiger partial charge is 0.265 e. The number of aryl methyl sites for hydroxylation is 1. The summed E-state index contributed by atoms with van der Waals surface area (Å²) in [7, 11) is 0. The number of carbonyl (C=O) groups excluding carboxylic acids is 2. The molecule has 0 radical (unpaired) electrons. The van der Waals surface area contributed by atoms with E-state index in [2.05, 4.69) is 10.6 Å². The van der Waals surface area contributed by atoms with Crippen molar-refractivity contribution in [1.82, 2.24) is 5.32 Å². The van der Waals surface area contributed by atoms with E-state index in [0.29, 0.717) is 29.1 Å². The Kier molecular flexibility index (Phi) is 7.02. The van der Waals surface area contributed by atoms with E-state index in [1.54, 1.807) is 55.5 Å². The third-order valence-electron chi connectivity index (χ3n) is 4.67. The van der Waals surface area contributed by atoms with E-state index in [1.165, 1.54) is 0 Å². The van der Waals surface area contributed by atoms with Crippen LogP contribution in [0.5, 0.6) is 5.75 Å². The van der Waals surface area contributed by atoms with E-state index >= 15 is 0 Å². The Balaban J connectivity index is 1.63. The van der Waals surface area contributed by atoms with E-state index in [0.717, 1.165) is 11.1 Å². The fourth-order valence-electron chi connectivity index (χ4n) is 2.87. The average Bonchev–Trinajstić information content (AvgIpc) is 2.79. The van der Waals surface area contributed by atoms with Crippen LogP contribution >= 0.6 is 0 Å². The van der Waals surface area contributed by atoms with Gasteiger partial charge in [0.2, 0.25) is 0 Å². The van der Waals surface area contributed by atoms with E-state index in [4.69, 9.17) is 10.00 Å². The Bertz CT molecular complexity index is 1100. The van der Waals surface area contributed by atoms with E-state index in [9.17, 15) is 9.59 Å². The molecule has 0 heterocycles. The third kappa shape index (κ3) is 5.94. The summed E-state index contributed by atoms with van der Waals surface area (Å²) < 4.78 is 5.64. The van der Waals surface area contributed by atoms with Gasteiger partial charge in [0, 0.05) is 6.54 Å². The molecule has 1 unspecified atom stereocenters. The highest BCUT2D eigenvalue weighted by atomic mass is 16.5. The second kappa shape index (κ2) is 10.1. The number of nitriles is 1. The van der Waals surface area contributed by atoms with E-state index < -0.39 is 6.10 Å². The fourth-order valence-corrected chi connectivity index (χ4v) is 2.87. The van der Waals surface area contributed by atoms with Gasteiger partial charge in [-0.25, -0.2) is 0 Å². The molecule has 6 heteroatoms. The van der Waals surface area contributed by atoms with Gasteiger partial charge >= 0.3 is 0 Å². The highest BCUT2D eigenvalue weighted by Gasteiger charge is 2.18.